The van der Waals surface area contributed by atoms with Crippen LogP contribution in [0.15, 0.2) is 18.2 Å². The number of Topliss-reactive ketones (excluding diaryl/α,β-unsaturated/α-hetero) is 1. The summed E-state index contributed by atoms with van der Waals surface area (Å²) in [6.45, 7) is 2.60. The molecule has 1 fully saturated rings. The van der Waals surface area contributed by atoms with E-state index in [1.165, 1.54) is 6.92 Å². The third-order valence-corrected chi connectivity index (χ3v) is 4.34. The smallest absolute Gasteiger partial charge is 0.141 e. The predicted octanol–water partition coefficient (Wildman–Crippen LogP) is 3.79. The number of benzene rings is 1. The summed E-state index contributed by atoms with van der Waals surface area (Å²) in [7, 11) is 1.64. The van der Waals surface area contributed by atoms with Crippen LogP contribution >= 0.6 is 11.6 Å². The Morgan fingerprint density at radius 1 is 1.42 bits per heavy atom. The first kappa shape index (κ1) is 18.6. The number of nitriles is 1. The third-order valence-electron chi connectivity index (χ3n) is 4.03. The molecule has 1 aromatic rings. The van der Waals surface area contributed by atoms with Gasteiger partial charge in [-0.15, -0.1) is 0 Å². The fourth-order valence-electron chi connectivity index (χ4n) is 2.47. The molecule has 1 aromatic carbocycles. The molecule has 0 aliphatic heterocycles. The summed E-state index contributed by atoms with van der Waals surface area (Å²) in [5.74, 6) is 1.08. The average Bonchev–Trinajstić information content (AvgIpc) is 3.34. The van der Waals surface area contributed by atoms with Crippen molar-refractivity contribution in [2.75, 3.05) is 20.3 Å². The van der Waals surface area contributed by atoms with Crippen LogP contribution in [0.1, 0.15) is 32.6 Å². The Morgan fingerprint density at radius 2 is 2.17 bits per heavy atom. The van der Waals surface area contributed by atoms with Crippen molar-refractivity contribution in [3.8, 4) is 17.6 Å². The number of hydrogen-bond donors (Lipinski definition) is 0. The van der Waals surface area contributed by atoms with E-state index in [2.05, 4.69) is 6.07 Å². The van der Waals surface area contributed by atoms with E-state index in [9.17, 15) is 10.1 Å². The lowest BCUT2D eigenvalue weighted by molar-refractivity contribution is -0.119. The molecular formula is C18H22ClNO4. The number of carbonyl (C=O) groups excluding carboxylic acids is 1. The summed E-state index contributed by atoms with van der Waals surface area (Å²) in [6, 6.07) is 7.43. The van der Waals surface area contributed by atoms with Crippen molar-refractivity contribution in [3.63, 3.8) is 0 Å². The standard InChI is InChI=1S/C18H22ClNO4/c1-13(21)10-17(18(12-20)6-7-18)24-14-4-5-15(19)16(11-14)23-9-3-8-22-2/h4-5,11,17H,3,6-10H2,1-2H3. The highest BCUT2D eigenvalue weighted by Crippen LogP contribution is 2.50. The summed E-state index contributed by atoms with van der Waals surface area (Å²) in [6.07, 6.45) is 2.05. The summed E-state index contributed by atoms with van der Waals surface area (Å²) in [5, 5.41) is 9.87. The summed E-state index contributed by atoms with van der Waals surface area (Å²) < 4.78 is 16.6. The third kappa shape index (κ3) is 4.86. The second-order valence-corrected chi connectivity index (χ2v) is 6.47. The van der Waals surface area contributed by atoms with E-state index in [-0.39, 0.29) is 12.2 Å². The Morgan fingerprint density at radius 3 is 2.75 bits per heavy atom. The fraction of sp³-hybridized carbons (Fsp3) is 0.556. The first-order valence-corrected chi connectivity index (χ1v) is 8.37. The second-order valence-electron chi connectivity index (χ2n) is 6.07. The molecule has 24 heavy (non-hydrogen) atoms. The molecular weight excluding hydrogens is 330 g/mol. The molecule has 0 saturated heterocycles. The van der Waals surface area contributed by atoms with Gasteiger partial charge in [0.1, 0.15) is 23.4 Å². The molecule has 0 spiro atoms. The van der Waals surface area contributed by atoms with Crippen LogP contribution in [0.3, 0.4) is 0 Å². The minimum atomic E-state index is -0.551. The van der Waals surface area contributed by atoms with E-state index >= 15 is 0 Å². The van der Waals surface area contributed by atoms with E-state index < -0.39 is 11.5 Å². The molecule has 1 unspecified atom stereocenters. The van der Waals surface area contributed by atoms with Gasteiger partial charge in [-0.2, -0.15) is 5.26 Å². The minimum Gasteiger partial charge on any atom is -0.492 e. The molecule has 1 saturated carbocycles. The van der Waals surface area contributed by atoms with E-state index in [1.807, 2.05) is 0 Å². The monoisotopic (exact) mass is 351 g/mol. The lowest BCUT2D eigenvalue weighted by atomic mass is 9.96. The molecule has 6 heteroatoms. The quantitative estimate of drug-likeness (QED) is 0.600. The van der Waals surface area contributed by atoms with Gasteiger partial charge in [-0.3, -0.25) is 4.79 Å². The van der Waals surface area contributed by atoms with Crippen LogP contribution in [-0.2, 0) is 9.53 Å². The van der Waals surface area contributed by atoms with E-state index in [1.54, 1.807) is 25.3 Å². The van der Waals surface area contributed by atoms with E-state index in [4.69, 9.17) is 25.8 Å². The molecule has 1 atom stereocenters. The van der Waals surface area contributed by atoms with Crippen molar-refractivity contribution in [1.29, 1.82) is 5.26 Å². The first-order chi connectivity index (χ1) is 11.5. The molecule has 0 aromatic heterocycles. The molecule has 0 amide bonds. The van der Waals surface area contributed by atoms with Gasteiger partial charge in [-0.25, -0.2) is 0 Å². The Kier molecular flexibility index (Phi) is 6.47. The van der Waals surface area contributed by atoms with Crippen LogP contribution in [0, 0.1) is 16.7 Å². The predicted molar refractivity (Wildman–Crippen MR) is 90.4 cm³/mol. The summed E-state index contributed by atoms with van der Waals surface area (Å²) in [5.41, 5.74) is -0.551. The number of methoxy groups -OCH3 is 1. The minimum absolute atomic E-state index is 0.00604. The van der Waals surface area contributed by atoms with Gasteiger partial charge in [0, 0.05) is 32.6 Å². The van der Waals surface area contributed by atoms with Gasteiger partial charge >= 0.3 is 0 Å². The Hall–Kier alpha value is -1.77. The Labute approximate surface area is 147 Å². The first-order valence-electron chi connectivity index (χ1n) is 7.99. The van der Waals surface area contributed by atoms with Crippen molar-refractivity contribution in [2.24, 2.45) is 5.41 Å². The van der Waals surface area contributed by atoms with Crippen molar-refractivity contribution in [3.05, 3.63) is 23.2 Å². The van der Waals surface area contributed by atoms with Crippen molar-refractivity contribution < 1.29 is 19.0 Å². The van der Waals surface area contributed by atoms with Gasteiger partial charge in [-0.1, -0.05) is 11.6 Å². The number of ether oxygens (including phenoxy) is 3. The summed E-state index contributed by atoms with van der Waals surface area (Å²) in [4.78, 5) is 11.5. The highest BCUT2D eigenvalue weighted by Gasteiger charge is 2.52. The van der Waals surface area contributed by atoms with Crippen LogP contribution in [0.5, 0.6) is 11.5 Å². The zero-order valence-corrected chi connectivity index (χ0v) is 14.8. The number of halogens is 1. The van der Waals surface area contributed by atoms with Gasteiger partial charge in [0.05, 0.1) is 23.1 Å². The highest BCUT2D eigenvalue weighted by atomic mass is 35.5. The molecule has 5 nitrogen and oxygen atoms in total. The number of nitrogens with zero attached hydrogens (tertiary/aromatic N) is 1. The molecule has 1 aliphatic rings. The van der Waals surface area contributed by atoms with Gasteiger partial charge in [-0.05, 0) is 31.9 Å². The molecule has 0 bridgehead atoms. The van der Waals surface area contributed by atoms with E-state index in [0.717, 1.165) is 19.3 Å². The molecule has 0 radical (unpaired) electrons. The van der Waals surface area contributed by atoms with Crippen LogP contribution in [0.2, 0.25) is 5.02 Å². The average molecular weight is 352 g/mol. The maximum absolute atomic E-state index is 11.5. The largest absolute Gasteiger partial charge is 0.492 e. The number of rotatable bonds is 10. The zero-order valence-electron chi connectivity index (χ0n) is 14.0. The molecule has 0 N–H and O–H groups in total. The van der Waals surface area contributed by atoms with Crippen LogP contribution in [-0.4, -0.2) is 32.2 Å². The van der Waals surface area contributed by atoms with E-state index in [0.29, 0.717) is 29.7 Å². The van der Waals surface area contributed by atoms with Crippen molar-refractivity contribution in [2.45, 2.75) is 38.7 Å². The number of hydrogen-bond acceptors (Lipinski definition) is 5. The lowest BCUT2D eigenvalue weighted by Gasteiger charge is -2.22. The second kappa shape index (κ2) is 8.36. The molecule has 130 valence electrons. The van der Waals surface area contributed by atoms with Crippen molar-refractivity contribution >= 4 is 17.4 Å². The highest BCUT2D eigenvalue weighted by molar-refractivity contribution is 6.32. The molecule has 0 heterocycles. The van der Waals surface area contributed by atoms with Gasteiger partial charge in [0.2, 0.25) is 0 Å². The zero-order chi connectivity index (χ0) is 17.6. The SMILES string of the molecule is COCCCOc1cc(OC(CC(C)=O)C2(C#N)CC2)ccc1Cl. The normalized spacial score (nSPS) is 16.1. The van der Waals surface area contributed by atoms with Crippen LogP contribution in [0.25, 0.3) is 0 Å². The Balaban J connectivity index is 2.07. The maximum atomic E-state index is 11.5. The fourth-order valence-corrected chi connectivity index (χ4v) is 2.64. The topological polar surface area (TPSA) is 68.6 Å². The summed E-state index contributed by atoms with van der Waals surface area (Å²) >= 11 is 6.14. The molecule has 2 rings (SSSR count). The maximum Gasteiger partial charge on any atom is 0.141 e. The Bertz CT molecular complexity index is 622. The van der Waals surface area contributed by atoms with Crippen LogP contribution < -0.4 is 9.47 Å². The van der Waals surface area contributed by atoms with Gasteiger partial charge < -0.3 is 14.2 Å². The van der Waals surface area contributed by atoms with Crippen molar-refractivity contribution in [1.82, 2.24) is 0 Å². The van der Waals surface area contributed by atoms with Crippen LogP contribution in [0.4, 0.5) is 0 Å². The van der Waals surface area contributed by atoms with Gasteiger partial charge in [0.25, 0.3) is 0 Å². The number of ketones is 1. The van der Waals surface area contributed by atoms with Gasteiger partial charge in [0.15, 0.2) is 0 Å². The lowest BCUT2D eigenvalue weighted by Crippen LogP contribution is -2.29. The molecule has 1 aliphatic carbocycles. The number of carbonyl (C=O) groups is 1.